The predicted octanol–water partition coefficient (Wildman–Crippen LogP) is 2.37. The lowest BCUT2D eigenvalue weighted by molar-refractivity contribution is -0.117. The van der Waals surface area contributed by atoms with Gasteiger partial charge in [0.05, 0.1) is 19.8 Å². The Labute approximate surface area is 137 Å². The fourth-order valence-electron chi connectivity index (χ4n) is 2.38. The number of anilines is 1. The Bertz CT molecular complexity index is 622. The summed E-state index contributed by atoms with van der Waals surface area (Å²) in [4.78, 5) is 14.3. The number of rotatable bonds is 9. The zero-order valence-corrected chi connectivity index (χ0v) is 13.7. The van der Waals surface area contributed by atoms with Crippen LogP contribution in [0.15, 0.2) is 42.5 Å². The van der Waals surface area contributed by atoms with Crippen molar-refractivity contribution in [1.29, 1.82) is 0 Å². The van der Waals surface area contributed by atoms with Crippen LogP contribution in [0.4, 0.5) is 5.69 Å². The van der Waals surface area contributed by atoms with Crippen LogP contribution in [0.25, 0.3) is 10.8 Å². The van der Waals surface area contributed by atoms with E-state index in [0.29, 0.717) is 32.8 Å². The SMILES string of the molecule is COCCN(CCOC)CC(=O)Nc1ccc2ccccc2c1. The number of nitrogens with zero attached hydrogens (tertiary/aromatic N) is 1. The van der Waals surface area contributed by atoms with E-state index < -0.39 is 0 Å². The molecule has 23 heavy (non-hydrogen) atoms. The highest BCUT2D eigenvalue weighted by atomic mass is 16.5. The van der Waals surface area contributed by atoms with Crippen LogP contribution >= 0.6 is 0 Å². The minimum atomic E-state index is -0.0347. The number of methoxy groups -OCH3 is 2. The third-order valence-electron chi connectivity index (χ3n) is 3.62. The van der Waals surface area contributed by atoms with Gasteiger partial charge in [-0.25, -0.2) is 0 Å². The first-order chi connectivity index (χ1) is 11.2. The number of ether oxygens (including phenoxy) is 2. The Morgan fingerprint density at radius 3 is 2.30 bits per heavy atom. The second-order valence-electron chi connectivity index (χ2n) is 5.37. The second-order valence-corrected chi connectivity index (χ2v) is 5.37. The first kappa shape index (κ1) is 17.4. The number of hydrogen-bond donors (Lipinski definition) is 1. The van der Waals surface area contributed by atoms with E-state index in [0.717, 1.165) is 16.5 Å². The fraction of sp³-hybridized carbons (Fsp3) is 0.389. The Morgan fingerprint density at radius 1 is 1.00 bits per heavy atom. The number of carbonyl (C=O) groups excluding carboxylic acids is 1. The molecule has 2 rings (SSSR count). The molecule has 5 heteroatoms. The molecular weight excluding hydrogens is 292 g/mol. The molecule has 2 aromatic rings. The van der Waals surface area contributed by atoms with Crippen LogP contribution in [0.3, 0.4) is 0 Å². The minimum absolute atomic E-state index is 0.0347. The highest BCUT2D eigenvalue weighted by Crippen LogP contribution is 2.18. The number of amides is 1. The van der Waals surface area contributed by atoms with Crippen molar-refractivity contribution in [3.8, 4) is 0 Å². The van der Waals surface area contributed by atoms with E-state index in [-0.39, 0.29) is 5.91 Å². The molecular formula is C18H24N2O3. The zero-order valence-electron chi connectivity index (χ0n) is 13.7. The lowest BCUT2D eigenvalue weighted by Gasteiger charge is -2.21. The van der Waals surface area contributed by atoms with Crippen LogP contribution < -0.4 is 5.32 Å². The van der Waals surface area contributed by atoms with E-state index in [1.165, 1.54) is 0 Å². The maximum absolute atomic E-state index is 12.3. The summed E-state index contributed by atoms with van der Waals surface area (Å²) in [6.45, 7) is 2.90. The molecule has 0 atom stereocenters. The molecule has 0 aromatic heterocycles. The van der Waals surface area contributed by atoms with E-state index >= 15 is 0 Å². The molecule has 0 saturated carbocycles. The highest BCUT2D eigenvalue weighted by Gasteiger charge is 2.11. The van der Waals surface area contributed by atoms with E-state index in [1.54, 1.807) is 14.2 Å². The van der Waals surface area contributed by atoms with Crippen LogP contribution in [0.2, 0.25) is 0 Å². The maximum Gasteiger partial charge on any atom is 0.238 e. The molecule has 0 unspecified atom stereocenters. The molecule has 0 aliphatic carbocycles. The summed E-state index contributed by atoms with van der Waals surface area (Å²) < 4.78 is 10.2. The highest BCUT2D eigenvalue weighted by molar-refractivity contribution is 5.95. The van der Waals surface area contributed by atoms with E-state index in [2.05, 4.69) is 11.4 Å². The third kappa shape index (κ3) is 5.63. The van der Waals surface area contributed by atoms with Crippen LogP contribution in [0.1, 0.15) is 0 Å². The molecule has 1 N–H and O–H groups in total. The van der Waals surface area contributed by atoms with Gasteiger partial charge in [0, 0.05) is 33.0 Å². The van der Waals surface area contributed by atoms with Gasteiger partial charge in [-0.15, -0.1) is 0 Å². The van der Waals surface area contributed by atoms with Crippen molar-refractivity contribution in [2.24, 2.45) is 0 Å². The van der Waals surface area contributed by atoms with Gasteiger partial charge in [0.1, 0.15) is 0 Å². The lowest BCUT2D eigenvalue weighted by Crippen LogP contribution is -2.37. The Hall–Kier alpha value is -1.95. The Balaban J connectivity index is 1.95. The zero-order chi connectivity index (χ0) is 16.5. The minimum Gasteiger partial charge on any atom is -0.383 e. The van der Waals surface area contributed by atoms with Crippen LogP contribution in [-0.4, -0.2) is 57.9 Å². The van der Waals surface area contributed by atoms with Crippen molar-refractivity contribution in [3.05, 3.63) is 42.5 Å². The third-order valence-corrected chi connectivity index (χ3v) is 3.62. The number of nitrogens with one attached hydrogen (secondary N) is 1. The molecule has 0 fully saturated rings. The van der Waals surface area contributed by atoms with Crippen molar-refractivity contribution in [3.63, 3.8) is 0 Å². The standard InChI is InChI=1S/C18H24N2O3/c1-22-11-9-20(10-12-23-2)14-18(21)19-17-8-7-15-5-3-4-6-16(15)13-17/h3-8,13H,9-12,14H2,1-2H3,(H,19,21). The van der Waals surface area contributed by atoms with Gasteiger partial charge in [0.15, 0.2) is 0 Å². The number of hydrogen-bond acceptors (Lipinski definition) is 4. The normalized spacial score (nSPS) is 11.1. The summed E-state index contributed by atoms with van der Waals surface area (Å²) in [6, 6.07) is 14.0. The Kier molecular flexibility index (Phi) is 7.00. The first-order valence-electron chi connectivity index (χ1n) is 7.72. The molecule has 2 aromatic carbocycles. The molecule has 0 heterocycles. The quantitative estimate of drug-likeness (QED) is 0.772. The summed E-state index contributed by atoms with van der Waals surface area (Å²) in [5, 5.41) is 5.23. The number of benzene rings is 2. The average Bonchev–Trinajstić information content (AvgIpc) is 2.57. The van der Waals surface area contributed by atoms with Gasteiger partial charge < -0.3 is 14.8 Å². The first-order valence-corrected chi connectivity index (χ1v) is 7.72. The summed E-state index contributed by atoms with van der Waals surface area (Å²) in [5.41, 5.74) is 0.812. The largest absolute Gasteiger partial charge is 0.383 e. The van der Waals surface area contributed by atoms with E-state index in [4.69, 9.17) is 9.47 Å². The van der Waals surface area contributed by atoms with Crippen molar-refractivity contribution >= 4 is 22.4 Å². The van der Waals surface area contributed by atoms with Gasteiger partial charge in [-0.2, -0.15) is 0 Å². The van der Waals surface area contributed by atoms with E-state index in [9.17, 15) is 4.79 Å². The number of carbonyl (C=O) groups is 1. The van der Waals surface area contributed by atoms with Crippen LogP contribution in [-0.2, 0) is 14.3 Å². The average molecular weight is 316 g/mol. The van der Waals surface area contributed by atoms with Gasteiger partial charge in [-0.3, -0.25) is 9.69 Å². The van der Waals surface area contributed by atoms with Gasteiger partial charge in [0.2, 0.25) is 5.91 Å². The monoisotopic (exact) mass is 316 g/mol. The molecule has 0 radical (unpaired) electrons. The number of fused-ring (bicyclic) bond motifs is 1. The summed E-state index contributed by atoms with van der Waals surface area (Å²) >= 11 is 0. The van der Waals surface area contributed by atoms with Gasteiger partial charge >= 0.3 is 0 Å². The van der Waals surface area contributed by atoms with Crippen molar-refractivity contribution in [2.45, 2.75) is 0 Å². The van der Waals surface area contributed by atoms with Gasteiger partial charge in [-0.05, 0) is 22.9 Å². The summed E-state index contributed by atoms with van der Waals surface area (Å²) in [6.07, 6.45) is 0. The molecule has 0 aliphatic rings. The maximum atomic E-state index is 12.3. The van der Waals surface area contributed by atoms with Crippen molar-refractivity contribution < 1.29 is 14.3 Å². The molecule has 0 spiro atoms. The van der Waals surface area contributed by atoms with Crippen molar-refractivity contribution in [2.75, 3.05) is 52.4 Å². The molecule has 0 aliphatic heterocycles. The Morgan fingerprint density at radius 2 is 1.65 bits per heavy atom. The lowest BCUT2D eigenvalue weighted by atomic mass is 10.1. The van der Waals surface area contributed by atoms with Crippen LogP contribution in [0.5, 0.6) is 0 Å². The topological polar surface area (TPSA) is 50.8 Å². The smallest absolute Gasteiger partial charge is 0.238 e. The van der Waals surface area contributed by atoms with Gasteiger partial charge in [-0.1, -0.05) is 30.3 Å². The van der Waals surface area contributed by atoms with Gasteiger partial charge in [0.25, 0.3) is 0 Å². The second kappa shape index (κ2) is 9.25. The predicted molar refractivity (Wildman–Crippen MR) is 92.8 cm³/mol. The molecule has 124 valence electrons. The molecule has 0 saturated heterocycles. The summed E-state index contributed by atoms with van der Waals surface area (Å²) in [5.74, 6) is -0.0347. The molecule has 0 bridgehead atoms. The summed E-state index contributed by atoms with van der Waals surface area (Å²) in [7, 11) is 3.31. The van der Waals surface area contributed by atoms with Crippen molar-refractivity contribution in [1.82, 2.24) is 4.90 Å². The van der Waals surface area contributed by atoms with Crippen LogP contribution in [0, 0.1) is 0 Å². The fourth-order valence-corrected chi connectivity index (χ4v) is 2.38. The molecule has 5 nitrogen and oxygen atoms in total. The molecule has 1 amide bonds. The van der Waals surface area contributed by atoms with E-state index in [1.807, 2.05) is 41.3 Å².